The molecule has 1 aliphatic heterocycles. The van der Waals surface area contributed by atoms with Gasteiger partial charge in [0.2, 0.25) is 5.52 Å². The van der Waals surface area contributed by atoms with Gasteiger partial charge in [0.15, 0.2) is 18.5 Å². The summed E-state index contributed by atoms with van der Waals surface area (Å²) in [4.78, 5) is 11.6. The Hall–Kier alpha value is -7.78. The summed E-state index contributed by atoms with van der Waals surface area (Å²) in [6.07, 6.45) is 10.7. The molecular weight excluding hydrogens is 859 g/mol. The van der Waals surface area contributed by atoms with Gasteiger partial charge < -0.3 is 10.2 Å². The van der Waals surface area contributed by atoms with Crippen LogP contribution in [0.2, 0.25) is 0 Å². The molecule has 0 saturated carbocycles. The van der Waals surface area contributed by atoms with E-state index in [9.17, 15) is 10.2 Å². The molecule has 2 N–H and O–H groups in total. The van der Waals surface area contributed by atoms with Crippen LogP contribution in [0.5, 0.6) is 5.75 Å². The fourth-order valence-electron chi connectivity index (χ4n) is 10.6. The van der Waals surface area contributed by atoms with Gasteiger partial charge >= 0.3 is 37.7 Å². The van der Waals surface area contributed by atoms with E-state index >= 15 is 0 Å². The van der Waals surface area contributed by atoms with Crippen LogP contribution in [0.3, 0.4) is 0 Å². The smallest absolute Gasteiger partial charge is 0.868 e. The van der Waals surface area contributed by atoms with Crippen LogP contribution in [0, 0.1) is 0 Å². The largest absolute Gasteiger partial charge is 1.00 e. The van der Waals surface area contributed by atoms with Crippen LogP contribution in [-0.4, -0.2) is 27.9 Å². The summed E-state index contributed by atoms with van der Waals surface area (Å²) in [7, 11) is 0. The van der Waals surface area contributed by atoms with Crippen molar-refractivity contribution in [3.05, 3.63) is 236 Å². The zero-order valence-electron chi connectivity index (χ0n) is 39.3. The molecule has 71 heavy (non-hydrogen) atoms. The van der Waals surface area contributed by atoms with Gasteiger partial charge in [-0.15, -0.1) is 0 Å². The summed E-state index contributed by atoms with van der Waals surface area (Å²) >= 11 is 0. The van der Waals surface area contributed by atoms with Crippen molar-refractivity contribution >= 4 is 55.3 Å². The Morgan fingerprint density at radius 3 is 1.90 bits per heavy atom. The van der Waals surface area contributed by atoms with Crippen molar-refractivity contribution in [1.29, 1.82) is 0 Å². The summed E-state index contributed by atoms with van der Waals surface area (Å²) in [5.41, 5.74) is 15.5. The Bertz CT molecular complexity index is 3970. The zero-order valence-corrected chi connectivity index (χ0v) is 39.3. The number of hydrogen-bond acceptors (Lipinski definition) is 3. The number of nitrogens with one attached hydrogen (secondary N) is 2. The fourth-order valence-corrected chi connectivity index (χ4v) is 10.6. The van der Waals surface area contributed by atoms with Crippen molar-refractivity contribution in [1.82, 2.24) is 9.55 Å². The van der Waals surface area contributed by atoms with Crippen molar-refractivity contribution < 1.29 is 57.9 Å². The SMILES string of the molecule is [Li+].[Li+].[O-]c1c(-c2ccc(-c3c4ccccc4c(-c4ccc(C5=CC=C6C=CC=[NH+]C6C5[O-])cc4)c4ccc(-c5ccc(-c6nc7ccccc7n6-c6ccccc6)cc5)cc34)cc2)ccc2ccc[nH+]c12. The normalized spacial score (nSPS) is 15.0. The predicted octanol–water partition coefficient (Wildman–Crippen LogP) is 4.86. The van der Waals surface area contributed by atoms with Crippen molar-refractivity contribution in [3.63, 3.8) is 0 Å². The molecule has 2 unspecified atom stereocenters. The number of fused-ring (bicyclic) bond motifs is 5. The van der Waals surface area contributed by atoms with Crippen molar-refractivity contribution in [2.75, 3.05) is 0 Å². The van der Waals surface area contributed by atoms with Crippen LogP contribution in [-0.2, 0) is 0 Å². The predicted molar refractivity (Wildman–Crippen MR) is 277 cm³/mol. The second kappa shape index (κ2) is 18.9. The van der Waals surface area contributed by atoms with E-state index in [1.54, 1.807) is 6.20 Å². The standard InChI is InChI=1S/C63H41N4O2.2Li/c68-61-49(33-30-44-10-8-36-64-59(44)61)40-20-24-42(25-21-40)57-51-14-4-5-15-52(51)58(43-26-22-41(23-27-43)50-34-31-45-11-9-37-65-60(45)62(50)69)54-38-47(32-35-53(54)57)39-18-28-46(29-19-39)63-66-55-16-6-7-17-56(55)67(63)48-12-2-1-3-13-48;;/h1-38,59,61,69H;;/q-1;2*+1/p+1. The molecular formula is C63H42Li2N4O2+2. The van der Waals surface area contributed by atoms with E-state index in [1.807, 2.05) is 60.8 Å². The van der Waals surface area contributed by atoms with E-state index in [0.29, 0.717) is 11.1 Å². The molecule has 2 atom stereocenters. The molecule has 11 aromatic rings. The molecule has 1 aliphatic carbocycles. The molecule has 8 heteroatoms. The van der Waals surface area contributed by atoms with Crippen LogP contribution in [0.15, 0.2) is 230 Å². The molecule has 0 spiro atoms. The molecule has 2 aromatic heterocycles. The van der Waals surface area contributed by atoms with Gasteiger partial charge in [-0.25, -0.2) is 15.0 Å². The van der Waals surface area contributed by atoms with Gasteiger partial charge in [-0.05, 0) is 138 Å². The van der Waals surface area contributed by atoms with E-state index in [1.165, 1.54) is 0 Å². The molecule has 0 amide bonds. The molecule has 9 aromatic carbocycles. The number of allylic oxidation sites excluding steroid dienone is 3. The molecule has 0 bridgehead atoms. The van der Waals surface area contributed by atoms with E-state index in [0.717, 1.165) is 111 Å². The Kier molecular flexibility index (Phi) is 12.1. The average Bonchev–Trinajstić information content (AvgIpc) is 3.81. The number of aromatic amines is 1. The van der Waals surface area contributed by atoms with Crippen molar-refractivity contribution in [2.45, 2.75) is 12.1 Å². The second-order valence-corrected chi connectivity index (χ2v) is 17.8. The number of rotatable bonds is 7. The Morgan fingerprint density at radius 1 is 0.521 bits per heavy atom. The van der Waals surface area contributed by atoms with Gasteiger partial charge in [-0.2, -0.15) is 0 Å². The third kappa shape index (κ3) is 7.88. The summed E-state index contributed by atoms with van der Waals surface area (Å²) in [6.45, 7) is 0. The van der Waals surface area contributed by atoms with Gasteiger partial charge in [-0.1, -0.05) is 158 Å². The third-order valence-electron chi connectivity index (χ3n) is 13.9. The first-order valence-electron chi connectivity index (χ1n) is 23.3. The number of aromatic nitrogens is 3. The van der Waals surface area contributed by atoms with Gasteiger partial charge in [0.1, 0.15) is 5.82 Å². The number of nitrogens with zero attached hydrogens (tertiary/aromatic N) is 2. The van der Waals surface area contributed by atoms with Crippen LogP contribution in [0.25, 0.3) is 111 Å². The first-order chi connectivity index (χ1) is 34.1. The van der Waals surface area contributed by atoms with E-state index in [-0.39, 0.29) is 49.5 Å². The molecule has 326 valence electrons. The molecule has 13 rings (SSSR count). The maximum absolute atomic E-state index is 13.8. The fraction of sp³-hybridized carbons (Fsp3) is 0.0317. The summed E-state index contributed by atoms with van der Waals surface area (Å²) < 4.78 is 2.23. The Labute approximate surface area is 435 Å². The number of H-pyrrole nitrogens is 1. The minimum atomic E-state index is -0.929. The van der Waals surface area contributed by atoms with Gasteiger partial charge in [0.05, 0.1) is 11.0 Å². The van der Waals surface area contributed by atoms with Crippen LogP contribution in [0.4, 0.5) is 0 Å². The van der Waals surface area contributed by atoms with E-state index in [2.05, 4.69) is 178 Å². The van der Waals surface area contributed by atoms with Crippen LogP contribution < -0.4 is 57.9 Å². The molecule has 0 fully saturated rings. The van der Waals surface area contributed by atoms with Crippen molar-refractivity contribution in [2.24, 2.45) is 0 Å². The molecule has 6 nitrogen and oxygen atoms in total. The van der Waals surface area contributed by atoms with E-state index in [4.69, 9.17) is 4.98 Å². The quantitative estimate of drug-likeness (QED) is 0.183. The third-order valence-corrected chi connectivity index (χ3v) is 13.9. The number of para-hydroxylation sites is 3. The van der Waals surface area contributed by atoms with E-state index < -0.39 is 6.10 Å². The summed E-state index contributed by atoms with van der Waals surface area (Å²) in [5, 5.41) is 32.9. The maximum atomic E-state index is 13.8. The monoisotopic (exact) mass is 900 g/mol. The minimum Gasteiger partial charge on any atom is -0.868 e. The number of pyridine rings is 1. The van der Waals surface area contributed by atoms with Crippen LogP contribution >= 0.6 is 0 Å². The first kappa shape index (κ1) is 45.7. The van der Waals surface area contributed by atoms with Gasteiger partial charge in [-0.3, -0.25) is 4.57 Å². The molecule has 0 radical (unpaired) electrons. The first-order valence-corrected chi connectivity index (χ1v) is 23.3. The summed E-state index contributed by atoms with van der Waals surface area (Å²) in [5.74, 6) is 0.868. The maximum Gasteiger partial charge on any atom is 1.00 e. The zero-order chi connectivity index (χ0) is 46.0. The Morgan fingerprint density at radius 2 is 1.14 bits per heavy atom. The summed E-state index contributed by atoms with van der Waals surface area (Å²) in [6, 6.07) is 67.3. The number of hydrogen-bond donors (Lipinski definition) is 1. The molecule has 3 heterocycles. The Balaban J connectivity index is 0.00000273. The minimum absolute atomic E-state index is 0. The molecule has 0 saturated heterocycles. The van der Waals surface area contributed by atoms with Crippen molar-refractivity contribution in [3.8, 4) is 67.3 Å². The molecule has 2 aliphatic rings. The topological polar surface area (TPSA) is 92.0 Å². The van der Waals surface area contributed by atoms with Gasteiger partial charge in [0, 0.05) is 34.4 Å². The second-order valence-electron chi connectivity index (χ2n) is 17.8. The average molecular weight is 901 g/mol. The number of imidazole rings is 1. The van der Waals surface area contributed by atoms with Gasteiger partial charge in [0.25, 0.3) is 0 Å². The van der Waals surface area contributed by atoms with Crippen LogP contribution in [0.1, 0.15) is 5.56 Å². The number of benzene rings is 9.